The highest BCUT2D eigenvalue weighted by atomic mass is 35.5. The number of ether oxygens (including phenoxy) is 2. The molecule has 2 aromatic rings. The second-order valence-electron chi connectivity index (χ2n) is 7.77. The van der Waals surface area contributed by atoms with E-state index in [1.54, 1.807) is 6.92 Å². The van der Waals surface area contributed by atoms with E-state index in [1.807, 2.05) is 30.3 Å². The molecule has 0 saturated carbocycles. The summed E-state index contributed by atoms with van der Waals surface area (Å²) >= 11 is 12.6. The molecule has 0 heterocycles. The largest absolute Gasteiger partial charge is 0.505 e. The lowest BCUT2D eigenvalue weighted by Gasteiger charge is -2.19. The molecular weight excluding hydrogens is 515 g/mol. The third-order valence-electron chi connectivity index (χ3n) is 5.15. The van der Waals surface area contributed by atoms with Crippen LogP contribution in [0, 0.1) is 0 Å². The van der Waals surface area contributed by atoms with Crippen molar-refractivity contribution in [2.75, 3.05) is 19.8 Å². The van der Waals surface area contributed by atoms with Gasteiger partial charge in [0.1, 0.15) is 11.1 Å². The number of esters is 1. The Kier molecular flexibility index (Phi) is 14.5. The first kappa shape index (κ1) is 30.8. The lowest BCUT2D eigenvalue weighted by molar-refractivity contribution is -0.145. The summed E-state index contributed by atoms with van der Waals surface area (Å²) in [6.07, 6.45) is 5.11. The molecule has 0 aromatic heterocycles. The highest BCUT2D eigenvalue weighted by Crippen LogP contribution is 2.42. The Morgan fingerprint density at radius 1 is 1.09 bits per heavy atom. The summed E-state index contributed by atoms with van der Waals surface area (Å²) in [6, 6.07) is 9.53. The van der Waals surface area contributed by atoms with Crippen LogP contribution in [0.25, 0.3) is 0 Å². The van der Waals surface area contributed by atoms with Crippen LogP contribution in [-0.4, -0.2) is 42.8 Å². The van der Waals surface area contributed by atoms with Crippen LogP contribution in [0.2, 0.25) is 10.0 Å². The summed E-state index contributed by atoms with van der Waals surface area (Å²) < 4.78 is 10.8. The molecule has 0 spiro atoms. The van der Waals surface area contributed by atoms with Crippen LogP contribution in [0.3, 0.4) is 0 Å². The molecule has 2 aromatic carbocycles. The highest BCUT2D eigenvalue weighted by molar-refractivity contribution is 6.39. The van der Waals surface area contributed by atoms with Crippen molar-refractivity contribution in [3.8, 4) is 11.5 Å². The van der Waals surface area contributed by atoms with Gasteiger partial charge in [-0.25, -0.2) is 4.79 Å². The van der Waals surface area contributed by atoms with Crippen LogP contribution in [0.4, 0.5) is 0 Å². The fourth-order valence-corrected chi connectivity index (χ4v) is 3.93. The molecule has 1 amide bonds. The minimum absolute atomic E-state index is 0. The molecule has 0 aliphatic heterocycles. The van der Waals surface area contributed by atoms with Crippen LogP contribution in [0.5, 0.6) is 11.5 Å². The van der Waals surface area contributed by atoms with Crippen LogP contribution in [0.15, 0.2) is 36.4 Å². The molecule has 0 radical (unpaired) electrons. The minimum atomic E-state index is -0.956. The van der Waals surface area contributed by atoms with Gasteiger partial charge < -0.3 is 25.6 Å². The Morgan fingerprint density at radius 3 is 2.40 bits per heavy atom. The van der Waals surface area contributed by atoms with E-state index in [-0.39, 0.29) is 46.8 Å². The number of benzene rings is 2. The van der Waals surface area contributed by atoms with E-state index in [4.69, 9.17) is 38.4 Å². The molecule has 0 saturated heterocycles. The number of rotatable bonds is 14. The normalized spacial score (nSPS) is 11.3. The number of hydrogen-bond donors (Lipinski definition) is 3. The monoisotopic (exact) mass is 546 g/mol. The van der Waals surface area contributed by atoms with Crippen LogP contribution >= 0.6 is 35.6 Å². The van der Waals surface area contributed by atoms with E-state index in [2.05, 4.69) is 5.32 Å². The Labute approximate surface area is 222 Å². The summed E-state index contributed by atoms with van der Waals surface area (Å²) in [6.45, 7) is 2.91. The molecular formula is C25H33Cl3N2O5. The first-order valence-electron chi connectivity index (χ1n) is 11.4. The molecule has 7 nitrogen and oxygen atoms in total. The van der Waals surface area contributed by atoms with E-state index in [0.717, 1.165) is 37.7 Å². The fourth-order valence-electron chi connectivity index (χ4n) is 3.37. The maximum absolute atomic E-state index is 12.9. The Bertz CT molecular complexity index is 944. The van der Waals surface area contributed by atoms with Crippen molar-refractivity contribution in [2.45, 2.75) is 51.5 Å². The minimum Gasteiger partial charge on any atom is -0.505 e. The van der Waals surface area contributed by atoms with Crippen molar-refractivity contribution in [1.82, 2.24) is 5.32 Å². The lowest BCUT2D eigenvalue weighted by atomic mass is 10.1. The summed E-state index contributed by atoms with van der Waals surface area (Å²) in [7, 11) is 0. The maximum Gasteiger partial charge on any atom is 0.328 e. The number of carbonyl (C=O) groups is 2. The first-order valence-corrected chi connectivity index (χ1v) is 12.2. The van der Waals surface area contributed by atoms with E-state index >= 15 is 0 Å². The Balaban J connectivity index is 0.00000612. The number of phenolic OH excluding ortho intramolecular Hbond substituents is 1. The molecule has 10 heteroatoms. The fraction of sp³-hybridized carbons (Fsp3) is 0.440. The van der Waals surface area contributed by atoms with Crippen molar-refractivity contribution < 1.29 is 24.2 Å². The van der Waals surface area contributed by atoms with Crippen molar-refractivity contribution in [3.63, 3.8) is 0 Å². The van der Waals surface area contributed by atoms with Crippen molar-refractivity contribution in [3.05, 3.63) is 57.6 Å². The van der Waals surface area contributed by atoms with Gasteiger partial charge in [-0.2, -0.15) is 0 Å². The van der Waals surface area contributed by atoms with Crippen LogP contribution < -0.4 is 15.8 Å². The van der Waals surface area contributed by atoms with Gasteiger partial charge in [0.15, 0.2) is 11.5 Å². The molecule has 0 bridgehead atoms. The van der Waals surface area contributed by atoms with E-state index < -0.39 is 23.7 Å². The summed E-state index contributed by atoms with van der Waals surface area (Å²) in [5.74, 6) is -1.64. The van der Waals surface area contributed by atoms with Crippen LogP contribution in [0.1, 0.15) is 54.9 Å². The smallest absolute Gasteiger partial charge is 0.328 e. The molecule has 0 aliphatic rings. The third-order valence-corrected chi connectivity index (χ3v) is 5.78. The van der Waals surface area contributed by atoms with Crippen molar-refractivity contribution in [2.24, 2.45) is 5.73 Å². The lowest BCUT2D eigenvalue weighted by Crippen LogP contribution is -2.43. The summed E-state index contributed by atoms with van der Waals surface area (Å²) in [5, 5.41) is 13.1. The second kappa shape index (κ2) is 16.5. The first-order chi connectivity index (χ1) is 16.4. The number of unbranched alkanes of at least 4 members (excludes halogenated alkanes) is 4. The van der Waals surface area contributed by atoms with Gasteiger partial charge in [0.2, 0.25) is 0 Å². The Hall–Kier alpha value is -2.19. The zero-order chi connectivity index (χ0) is 24.9. The summed E-state index contributed by atoms with van der Waals surface area (Å²) in [4.78, 5) is 25.4. The molecule has 35 heavy (non-hydrogen) atoms. The zero-order valence-electron chi connectivity index (χ0n) is 19.7. The molecule has 0 aliphatic carbocycles. The standard InChI is InChI=1S/C25H32Cl2N2O5.ClH/c1-2-33-25(32)20(15-17-11-7-6-8-12-17)29-24(31)18-16-19(26)23(21(27)22(18)30)34-14-10-5-3-4-9-13-28;/h6-8,11-12,16,20,30H,2-5,9-10,13-15,28H2,1H3,(H,29,31);1H/t20-;/m1./s1. The highest BCUT2D eigenvalue weighted by Gasteiger charge is 2.27. The quantitative estimate of drug-likeness (QED) is 0.218. The number of hydrogen-bond acceptors (Lipinski definition) is 6. The number of phenols is 1. The number of aromatic hydroxyl groups is 1. The molecule has 4 N–H and O–H groups in total. The SMILES string of the molecule is CCOC(=O)[C@@H](Cc1ccccc1)NC(=O)c1cc(Cl)c(OCCCCCCCN)c(Cl)c1O.Cl. The number of amides is 1. The maximum atomic E-state index is 12.9. The summed E-state index contributed by atoms with van der Waals surface area (Å²) in [5.41, 5.74) is 6.17. The van der Waals surface area contributed by atoms with Gasteiger partial charge in [0.05, 0.1) is 23.8 Å². The van der Waals surface area contributed by atoms with Crippen molar-refractivity contribution >= 4 is 47.5 Å². The van der Waals surface area contributed by atoms with E-state index in [9.17, 15) is 14.7 Å². The number of nitrogens with one attached hydrogen (secondary N) is 1. The number of nitrogens with two attached hydrogens (primary N) is 1. The average Bonchev–Trinajstić information content (AvgIpc) is 2.83. The van der Waals surface area contributed by atoms with Crippen molar-refractivity contribution in [1.29, 1.82) is 0 Å². The molecule has 1 atom stereocenters. The predicted molar refractivity (Wildman–Crippen MR) is 141 cm³/mol. The van der Waals surface area contributed by atoms with Gasteiger partial charge in [-0.05, 0) is 37.9 Å². The van der Waals surface area contributed by atoms with Gasteiger partial charge in [-0.3, -0.25) is 4.79 Å². The number of halogens is 3. The number of carbonyl (C=O) groups excluding carboxylic acids is 2. The molecule has 194 valence electrons. The molecule has 0 fully saturated rings. The van der Waals surface area contributed by atoms with Crippen LogP contribution in [-0.2, 0) is 16.0 Å². The van der Waals surface area contributed by atoms with Gasteiger partial charge in [-0.15, -0.1) is 12.4 Å². The predicted octanol–water partition coefficient (Wildman–Crippen LogP) is 5.31. The van der Waals surface area contributed by atoms with E-state index in [1.165, 1.54) is 6.07 Å². The van der Waals surface area contributed by atoms with E-state index in [0.29, 0.717) is 13.2 Å². The van der Waals surface area contributed by atoms with Gasteiger partial charge in [-0.1, -0.05) is 72.8 Å². The van der Waals surface area contributed by atoms with Gasteiger partial charge in [0.25, 0.3) is 5.91 Å². The topological polar surface area (TPSA) is 111 Å². The Morgan fingerprint density at radius 2 is 1.74 bits per heavy atom. The second-order valence-corrected chi connectivity index (χ2v) is 8.56. The third kappa shape index (κ3) is 9.76. The van der Waals surface area contributed by atoms with Gasteiger partial charge >= 0.3 is 5.97 Å². The average molecular weight is 548 g/mol. The molecule has 2 rings (SSSR count). The van der Waals surface area contributed by atoms with Gasteiger partial charge in [0, 0.05) is 6.42 Å². The zero-order valence-corrected chi connectivity index (χ0v) is 22.1. The molecule has 0 unspecified atom stereocenters.